The van der Waals surface area contributed by atoms with Crippen LogP contribution in [0.1, 0.15) is 28.7 Å². The Morgan fingerprint density at radius 1 is 1.00 bits per heavy atom. The van der Waals surface area contributed by atoms with Gasteiger partial charge in [0.25, 0.3) is 0 Å². The van der Waals surface area contributed by atoms with Crippen LogP contribution < -0.4 is 9.62 Å². The van der Waals surface area contributed by atoms with Gasteiger partial charge in [-0.1, -0.05) is 36.4 Å². The fourth-order valence-electron chi connectivity index (χ4n) is 2.76. The van der Waals surface area contributed by atoms with Crippen molar-refractivity contribution in [3.63, 3.8) is 0 Å². The van der Waals surface area contributed by atoms with Crippen LogP contribution in [0.15, 0.2) is 42.5 Å². The molecule has 5 nitrogen and oxygen atoms in total. The number of aryl methyl sites for hydroxylation is 2. The average Bonchev–Trinajstić information content (AvgIpc) is 2.57. The summed E-state index contributed by atoms with van der Waals surface area (Å²) in [6, 6.07) is 13.4. The van der Waals surface area contributed by atoms with E-state index in [1.165, 1.54) is 10.6 Å². The van der Waals surface area contributed by atoms with Crippen molar-refractivity contribution in [1.29, 1.82) is 0 Å². The molecule has 0 fully saturated rings. The van der Waals surface area contributed by atoms with Gasteiger partial charge in [-0.2, -0.15) is 0 Å². The first-order chi connectivity index (χ1) is 12.2. The molecule has 2 aromatic rings. The molecular weight excluding hydrogens is 348 g/mol. The first-order valence-corrected chi connectivity index (χ1v) is 10.4. The van der Waals surface area contributed by atoms with Gasteiger partial charge in [-0.05, 0) is 49.1 Å². The molecule has 0 bridgehead atoms. The molecule has 0 unspecified atom stereocenters. The van der Waals surface area contributed by atoms with Gasteiger partial charge in [0, 0.05) is 19.5 Å². The van der Waals surface area contributed by atoms with Gasteiger partial charge in [-0.3, -0.25) is 9.10 Å². The second-order valence-corrected chi connectivity index (χ2v) is 8.41. The average molecular weight is 375 g/mol. The summed E-state index contributed by atoms with van der Waals surface area (Å²) in [6.07, 6.45) is 1.27. The van der Waals surface area contributed by atoms with Gasteiger partial charge < -0.3 is 5.32 Å². The molecule has 0 aliphatic heterocycles. The standard InChI is InChI=1S/C20H26N2O3S/c1-15-9-7-11-19(17(15)3)22(26(4,24)25)13-12-20(23)21-14-18-10-6-5-8-16(18)2/h5-11H,12-14H2,1-4H3,(H,21,23). The molecule has 26 heavy (non-hydrogen) atoms. The van der Waals surface area contributed by atoms with Crippen LogP contribution in [0.3, 0.4) is 0 Å². The molecule has 0 atom stereocenters. The van der Waals surface area contributed by atoms with Crippen LogP contribution >= 0.6 is 0 Å². The Morgan fingerprint density at radius 3 is 2.31 bits per heavy atom. The Balaban J connectivity index is 2.05. The van der Waals surface area contributed by atoms with E-state index in [2.05, 4.69) is 5.32 Å². The van der Waals surface area contributed by atoms with Crippen molar-refractivity contribution >= 4 is 21.6 Å². The number of anilines is 1. The van der Waals surface area contributed by atoms with Crippen LogP contribution in [0, 0.1) is 20.8 Å². The fourth-order valence-corrected chi connectivity index (χ4v) is 3.74. The van der Waals surface area contributed by atoms with Crippen molar-refractivity contribution in [2.45, 2.75) is 33.7 Å². The lowest BCUT2D eigenvalue weighted by Gasteiger charge is -2.24. The summed E-state index contributed by atoms with van der Waals surface area (Å²) < 4.78 is 25.8. The molecule has 1 amide bonds. The molecule has 0 saturated carbocycles. The van der Waals surface area contributed by atoms with Crippen LogP contribution in [0.5, 0.6) is 0 Å². The Labute approximate surface area is 156 Å². The lowest BCUT2D eigenvalue weighted by Crippen LogP contribution is -2.35. The summed E-state index contributed by atoms with van der Waals surface area (Å²) in [6.45, 7) is 6.37. The van der Waals surface area contributed by atoms with Gasteiger partial charge in [0.05, 0.1) is 11.9 Å². The summed E-state index contributed by atoms with van der Waals surface area (Å²) >= 11 is 0. The topological polar surface area (TPSA) is 66.5 Å². The van der Waals surface area contributed by atoms with Crippen molar-refractivity contribution in [2.24, 2.45) is 0 Å². The first-order valence-electron chi connectivity index (χ1n) is 8.55. The highest BCUT2D eigenvalue weighted by Gasteiger charge is 2.20. The third kappa shape index (κ3) is 5.08. The van der Waals surface area contributed by atoms with Gasteiger partial charge in [0.15, 0.2) is 0 Å². The number of amides is 1. The highest BCUT2D eigenvalue weighted by Crippen LogP contribution is 2.25. The zero-order valence-electron chi connectivity index (χ0n) is 15.7. The molecule has 0 saturated heterocycles. The van der Waals surface area contributed by atoms with Crippen LogP contribution in [0.4, 0.5) is 5.69 Å². The predicted octanol–water partition coefficient (Wildman–Crippen LogP) is 3.08. The van der Waals surface area contributed by atoms with E-state index in [1.807, 2.05) is 57.2 Å². The number of benzene rings is 2. The lowest BCUT2D eigenvalue weighted by molar-refractivity contribution is -0.121. The molecule has 6 heteroatoms. The Hall–Kier alpha value is -2.34. The summed E-state index contributed by atoms with van der Waals surface area (Å²) in [4.78, 5) is 12.2. The fraction of sp³-hybridized carbons (Fsp3) is 0.350. The van der Waals surface area contributed by atoms with Crippen molar-refractivity contribution in [2.75, 3.05) is 17.1 Å². The molecule has 0 aliphatic rings. The summed E-state index contributed by atoms with van der Waals surface area (Å²) in [5.41, 5.74) is 4.70. The summed E-state index contributed by atoms with van der Waals surface area (Å²) in [5, 5.41) is 2.86. The maximum atomic E-state index is 12.2. The van der Waals surface area contributed by atoms with Crippen LogP contribution in [-0.2, 0) is 21.4 Å². The number of carbonyl (C=O) groups excluding carboxylic acids is 1. The third-order valence-corrected chi connectivity index (χ3v) is 5.70. The van der Waals surface area contributed by atoms with E-state index < -0.39 is 10.0 Å². The maximum absolute atomic E-state index is 12.2. The Kier molecular flexibility index (Phi) is 6.42. The highest BCUT2D eigenvalue weighted by atomic mass is 32.2. The quantitative estimate of drug-likeness (QED) is 0.810. The van der Waals surface area contributed by atoms with Crippen molar-refractivity contribution in [3.05, 3.63) is 64.7 Å². The van der Waals surface area contributed by atoms with Gasteiger partial charge in [0.2, 0.25) is 15.9 Å². The zero-order chi connectivity index (χ0) is 19.3. The SMILES string of the molecule is Cc1ccccc1CNC(=O)CCN(c1cccc(C)c1C)S(C)(=O)=O. The Morgan fingerprint density at radius 2 is 1.65 bits per heavy atom. The van der Waals surface area contributed by atoms with E-state index in [0.29, 0.717) is 12.2 Å². The molecule has 0 aliphatic carbocycles. The van der Waals surface area contributed by atoms with Crippen molar-refractivity contribution in [3.8, 4) is 0 Å². The third-order valence-electron chi connectivity index (χ3n) is 4.52. The second kappa shape index (κ2) is 8.36. The van der Waals surface area contributed by atoms with E-state index in [-0.39, 0.29) is 18.9 Å². The van der Waals surface area contributed by atoms with E-state index in [4.69, 9.17) is 0 Å². The highest BCUT2D eigenvalue weighted by molar-refractivity contribution is 7.92. The number of hydrogen-bond donors (Lipinski definition) is 1. The van der Waals surface area contributed by atoms with Crippen molar-refractivity contribution < 1.29 is 13.2 Å². The normalized spacial score (nSPS) is 11.2. The first kappa shape index (κ1) is 20.0. The number of sulfonamides is 1. The predicted molar refractivity (Wildman–Crippen MR) is 106 cm³/mol. The number of hydrogen-bond acceptors (Lipinski definition) is 3. The Bertz CT molecular complexity index is 892. The maximum Gasteiger partial charge on any atom is 0.232 e. The molecule has 0 radical (unpaired) electrons. The number of rotatable bonds is 7. The zero-order valence-corrected chi connectivity index (χ0v) is 16.6. The minimum absolute atomic E-state index is 0.104. The van der Waals surface area contributed by atoms with Crippen LogP contribution in [-0.4, -0.2) is 27.1 Å². The molecule has 0 spiro atoms. The number of nitrogens with one attached hydrogen (secondary N) is 1. The van der Waals surface area contributed by atoms with Crippen LogP contribution in [0.2, 0.25) is 0 Å². The molecule has 2 rings (SSSR count). The summed E-state index contributed by atoms with van der Waals surface area (Å²) in [7, 11) is -3.47. The van der Waals surface area contributed by atoms with Gasteiger partial charge in [-0.25, -0.2) is 8.42 Å². The monoisotopic (exact) mass is 374 g/mol. The summed E-state index contributed by atoms with van der Waals surface area (Å²) in [5.74, 6) is -0.174. The largest absolute Gasteiger partial charge is 0.352 e. The second-order valence-electron chi connectivity index (χ2n) is 6.51. The van der Waals surface area contributed by atoms with Gasteiger partial charge in [-0.15, -0.1) is 0 Å². The lowest BCUT2D eigenvalue weighted by atomic mass is 10.1. The van der Waals surface area contributed by atoms with E-state index in [9.17, 15) is 13.2 Å². The number of nitrogens with zero attached hydrogens (tertiary/aromatic N) is 1. The van der Waals surface area contributed by atoms with E-state index >= 15 is 0 Å². The molecule has 140 valence electrons. The smallest absolute Gasteiger partial charge is 0.232 e. The molecule has 0 aromatic heterocycles. The number of carbonyl (C=O) groups is 1. The van der Waals surface area contributed by atoms with Gasteiger partial charge >= 0.3 is 0 Å². The molecule has 0 heterocycles. The molecule has 1 N–H and O–H groups in total. The van der Waals surface area contributed by atoms with E-state index in [1.54, 1.807) is 6.07 Å². The van der Waals surface area contributed by atoms with Crippen LogP contribution in [0.25, 0.3) is 0 Å². The van der Waals surface area contributed by atoms with Gasteiger partial charge in [0.1, 0.15) is 0 Å². The van der Waals surface area contributed by atoms with Crippen molar-refractivity contribution in [1.82, 2.24) is 5.32 Å². The van der Waals surface area contributed by atoms with E-state index in [0.717, 1.165) is 22.3 Å². The minimum Gasteiger partial charge on any atom is -0.352 e. The minimum atomic E-state index is -3.47. The molecular formula is C20H26N2O3S. The molecule has 2 aromatic carbocycles.